The Labute approximate surface area is 627 Å². The molecule has 38 heteroatoms. The lowest BCUT2D eigenvalue weighted by molar-refractivity contribution is -0.289. The van der Waals surface area contributed by atoms with Crippen LogP contribution < -0.4 is 0 Å². The monoisotopic (exact) mass is 1710 g/mol. The van der Waals surface area contributed by atoms with E-state index in [-0.39, 0.29) is 27.2 Å². The molecule has 0 N–H and O–H groups in total. The van der Waals surface area contributed by atoms with Gasteiger partial charge in [0.25, 0.3) is 23.4 Å². The molecule has 0 aromatic carbocycles. The molecule has 0 saturated heterocycles. The van der Waals surface area contributed by atoms with E-state index in [1.54, 1.807) is 13.8 Å². The molecule has 0 aliphatic rings. The molecule has 109 heavy (non-hydrogen) atoms. The summed E-state index contributed by atoms with van der Waals surface area (Å²) >= 11 is 0. The van der Waals surface area contributed by atoms with Crippen LogP contribution in [0.5, 0.6) is 0 Å². The lowest BCUT2D eigenvalue weighted by Crippen LogP contribution is -2.51. The summed E-state index contributed by atoms with van der Waals surface area (Å²) in [6.07, 6.45) is -34.4. The molecule has 0 bridgehead atoms. The number of rotatable bonds is 8. The molecular weight excluding hydrogens is 1570 g/mol. The molecule has 684 valence electrons. The first-order valence-electron chi connectivity index (χ1n) is 33.6. The van der Waals surface area contributed by atoms with Gasteiger partial charge in [-0.05, 0) is 133 Å². The average molecular weight is 1710 g/mol. The molecule has 0 radical (unpaired) electrons. The average Bonchev–Trinajstić information content (AvgIpc) is 0.790. The molecule has 0 nitrogen and oxygen atoms in total. The molecule has 0 aromatic rings. The van der Waals surface area contributed by atoms with Crippen molar-refractivity contribution in [3.8, 4) is 0 Å². The predicted octanol–water partition coefficient (Wildman–Crippen LogP) is 35.1. The normalized spacial score (nSPS) is 14.7. The first-order chi connectivity index (χ1) is 45.4. The summed E-state index contributed by atoms with van der Waals surface area (Å²) in [5.41, 5.74) is -17.5. The van der Waals surface area contributed by atoms with Gasteiger partial charge in [-0.3, -0.25) is 0 Å². The smallest absolute Gasteiger partial charge is 0.245 e. The minimum atomic E-state index is -5.54. The van der Waals surface area contributed by atoms with Crippen molar-refractivity contribution in [2.24, 2.45) is 51.8 Å². The first kappa shape index (κ1) is 141. The predicted molar refractivity (Wildman–Crippen MR) is 365 cm³/mol. The van der Waals surface area contributed by atoms with Crippen LogP contribution in [-0.4, -0.2) is 107 Å². The van der Waals surface area contributed by atoms with E-state index < -0.39 is 148 Å². The minimum absolute atomic E-state index is 0.111. The van der Waals surface area contributed by atoms with Crippen LogP contribution in [0, 0.1) is 51.8 Å². The zero-order valence-electron chi connectivity index (χ0n) is 71.2. The molecule has 0 amide bonds. The van der Waals surface area contributed by atoms with Crippen LogP contribution in [0.3, 0.4) is 0 Å². The standard InChI is InChI=1S/C5H6F6.C5H7F5.C5H8F4.4C5H9F3.C5H10F2.C5H11F.2C5H12.C4H6F4.C4H7F3.C4H9F.C4H10/c1-3(6,4(2,7)8)5(9,10)11;1-3(4(2,6)7)5(8,9)10;1-3-4(2,6)5(7,8)9;1-4(2,6)5(3,7)8;2*1-4(2,3)5(6,7)8;1-3-4(2)5(6,7)8;1-4(2)5(3,6)7;1-4-5(2,3)6;1-5(2,3)4;1-4-5(2)3;1-3(2,5)4(6,7)8;1-3(2)4(5,6)7;1-4(2,3)5;1-4(2)3/h1-2H3;3H,1-2H3;3H2,1-2H3;3*1-3H3;4H,3H2,1-2H3;4H,1-3H3;4H2,1-3H3;1-4H3;5H,4H2,1-3H3;1-2H3;3H,1-2H3;1-3H3;4H,1-3H3. The molecule has 0 spiro atoms. The zero-order chi connectivity index (χ0) is 94.8. The molecule has 0 aromatic heterocycles. The molecular formula is C71H134F38. The van der Waals surface area contributed by atoms with Crippen molar-refractivity contribution >= 4 is 0 Å². The fraction of sp³-hybridized carbons (Fsp3) is 1.00. The highest BCUT2D eigenvalue weighted by Gasteiger charge is 2.65. The summed E-state index contributed by atoms with van der Waals surface area (Å²) in [5, 5.41) is 0. The maximum absolute atomic E-state index is 12.2. The Kier molecular flexibility index (Phi) is 70.4. The minimum Gasteiger partial charge on any atom is -0.245 e. The maximum Gasteiger partial charge on any atom is 0.428 e. The zero-order valence-corrected chi connectivity index (χ0v) is 71.2. The van der Waals surface area contributed by atoms with E-state index in [0.717, 1.165) is 94.9 Å². The van der Waals surface area contributed by atoms with E-state index >= 15 is 0 Å². The van der Waals surface area contributed by atoms with E-state index in [0.29, 0.717) is 46.5 Å². The van der Waals surface area contributed by atoms with Gasteiger partial charge in [-0.2, -0.15) is 105 Å². The Bertz CT molecular complexity index is 1820. The van der Waals surface area contributed by atoms with E-state index in [2.05, 4.69) is 69.2 Å². The first-order valence-corrected chi connectivity index (χ1v) is 33.6. The number of hydrogen-bond acceptors (Lipinski definition) is 0. The lowest BCUT2D eigenvalue weighted by atomic mass is 9.96. The summed E-state index contributed by atoms with van der Waals surface area (Å²) in [6.45, 7) is 52.5. The van der Waals surface area contributed by atoms with Gasteiger partial charge in [-0.1, -0.05) is 173 Å². The quantitative estimate of drug-likeness (QED) is 0.213. The second kappa shape index (κ2) is 54.3. The molecule has 0 aliphatic heterocycles. The SMILES string of the molecule is CC(C(C)(F)F)C(F)(F)F.CC(C)(C)C.CC(C)(C)C(F)(F)F.CC(C)(C)C(F)(F)F.CC(C)(C)F.CC(C)(F)C(C)(F)F.CC(C)(F)C(F)(F)F.CC(C)C.CC(C)C(C)(F)F.CC(C)C(F)(F)F.CC(F)(F)C(C)(F)C(F)(F)F.CCC(C)(C)F.CCC(C)(F)C(F)(F)F.CCC(C)C.CCC(C)C(F)(F)F. The molecule has 4 atom stereocenters. The van der Waals surface area contributed by atoms with Crippen LogP contribution in [0.2, 0.25) is 0 Å². The highest BCUT2D eigenvalue weighted by molar-refractivity contribution is 4.93. The van der Waals surface area contributed by atoms with E-state index in [1.165, 1.54) is 54.9 Å². The second-order valence-electron chi connectivity index (χ2n) is 32.8. The van der Waals surface area contributed by atoms with Crippen molar-refractivity contribution in [3.05, 3.63) is 0 Å². The van der Waals surface area contributed by atoms with E-state index in [9.17, 15) is 167 Å². The molecule has 0 aliphatic carbocycles. The largest absolute Gasteiger partial charge is 0.428 e. The summed E-state index contributed by atoms with van der Waals surface area (Å²) in [6, 6.07) is 0. The van der Waals surface area contributed by atoms with E-state index in [1.807, 2.05) is 6.92 Å². The Morgan fingerprint density at radius 2 is 0.422 bits per heavy atom. The Morgan fingerprint density at radius 3 is 0.422 bits per heavy atom. The van der Waals surface area contributed by atoms with Gasteiger partial charge in [-0.25, -0.2) is 61.5 Å². The van der Waals surface area contributed by atoms with Gasteiger partial charge < -0.3 is 0 Å². The maximum atomic E-state index is 12.2. The summed E-state index contributed by atoms with van der Waals surface area (Å²) in [5.74, 6) is -17.6. The van der Waals surface area contributed by atoms with Crippen LogP contribution in [-0.2, 0) is 0 Å². The van der Waals surface area contributed by atoms with E-state index in [4.69, 9.17) is 0 Å². The van der Waals surface area contributed by atoms with Gasteiger partial charge in [0.15, 0.2) is 11.3 Å². The van der Waals surface area contributed by atoms with Crippen LogP contribution in [0.25, 0.3) is 0 Å². The van der Waals surface area contributed by atoms with Crippen molar-refractivity contribution < 1.29 is 167 Å². The number of hydrogen-bond donors (Lipinski definition) is 0. The van der Waals surface area contributed by atoms with Crippen molar-refractivity contribution in [2.45, 2.75) is 410 Å². The molecule has 4 unspecified atom stereocenters. The lowest BCUT2D eigenvalue weighted by Gasteiger charge is -2.28. The van der Waals surface area contributed by atoms with Crippen LogP contribution in [0.1, 0.15) is 303 Å². The fourth-order valence-electron chi connectivity index (χ4n) is 0.968. The Balaban J connectivity index is -0.0000000672. The molecule has 0 rings (SSSR count). The number of halogens is 38. The highest BCUT2D eigenvalue weighted by atomic mass is 19.4. The van der Waals surface area contributed by atoms with Gasteiger partial charge in [0.05, 0.1) is 16.7 Å². The molecule has 0 saturated carbocycles. The summed E-state index contributed by atoms with van der Waals surface area (Å²) in [7, 11) is 0. The van der Waals surface area contributed by atoms with Gasteiger partial charge in [0.1, 0.15) is 17.3 Å². The summed E-state index contributed by atoms with van der Waals surface area (Å²) in [4.78, 5) is 0. The van der Waals surface area contributed by atoms with Gasteiger partial charge in [0, 0.05) is 25.7 Å². The van der Waals surface area contributed by atoms with Crippen LogP contribution in [0.4, 0.5) is 167 Å². The third-order valence-corrected chi connectivity index (χ3v) is 11.8. The van der Waals surface area contributed by atoms with Crippen LogP contribution in [0.15, 0.2) is 0 Å². The van der Waals surface area contributed by atoms with Crippen molar-refractivity contribution in [1.82, 2.24) is 0 Å². The van der Waals surface area contributed by atoms with Crippen molar-refractivity contribution in [2.75, 3.05) is 0 Å². The third-order valence-electron chi connectivity index (χ3n) is 11.8. The van der Waals surface area contributed by atoms with Crippen molar-refractivity contribution in [1.29, 1.82) is 0 Å². The van der Waals surface area contributed by atoms with Gasteiger partial charge in [0.2, 0.25) is 11.6 Å². The van der Waals surface area contributed by atoms with Gasteiger partial charge >= 0.3 is 49.4 Å². The molecule has 0 fully saturated rings. The van der Waals surface area contributed by atoms with Crippen molar-refractivity contribution in [3.63, 3.8) is 0 Å². The topological polar surface area (TPSA) is 0 Å². The van der Waals surface area contributed by atoms with Gasteiger partial charge in [-0.15, -0.1) is 0 Å². The Hall–Kier alpha value is -2.66. The number of alkyl halides is 38. The Morgan fingerprint density at radius 1 is 0.248 bits per heavy atom. The molecule has 0 heterocycles. The third kappa shape index (κ3) is 112. The van der Waals surface area contributed by atoms with Crippen LogP contribution >= 0.6 is 0 Å². The fourth-order valence-corrected chi connectivity index (χ4v) is 0.968. The summed E-state index contributed by atoms with van der Waals surface area (Å²) < 4.78 is 441. The highest BCUT2D eigenvalue weighted by Crippen LogP contribution is 2.45. The second-order valence-corrected chi connectivity index (χ2v) is 32.8.